The highest BCUT2D eigenvalue weighted by Crippen LogP contribution is 2.22. The van der Waals surface area contributed by atoms with E-state index < -0.39 is 24.3 Å². The zero-order chi connectivity index (χ0) is 33.8. The van der Waals surface area contributed by atoms with E-state index in [1.54, 1.807) is 25.1 Å². The molecule has 1 atom stereocenters. The predicted molar refractivity (Wildman–Crippen MR) is 174 cm³/mol. The van der Waals surface area contributed by atoms with Crippen LogP contribution in [0.3, 0.4) is 0 Å². The molecule has 0 bridgehead atoms. The summed E-state index contributed by atoms with van der Waals surface area (Å²) in [7, 11) is 0. The molecule has 0 aliphatic carbocycles. The van der Waals surface area contributed by atoms with Gasteiger partial charge < -0.3 is 18.9 Å². The van der Waals surface area contributed by atoms with Crippen molar-refractivity contribution in [3.8, 4) is 0 Å². The molecule has 0 radical (unpaired) electrons. The summed E-state index contributed by atoms with van der Waals surface area (Å²) >= 11 is 0. The molecule has 0 heterocycles. The molecule has 10 heteroatoms. The Hall–Kier alpha value is -4.08. The summed E-state index contributed by atoms with van der Waals surface area (Å²) in [6, 6.07) is 10.5. The zero-order valence-electron chi connectivity index (χ0n) is 28.3. The Morgan fingerprint density at radius 1 is 0.711 bits per heavy atom. The van der Waals surface area contributed by atoms with Gasteiger partial charge in [-0.2, -0.15) is 0 Å². The normalized spacial score (nSPS) is 12.1. The van der Waals surface area contributed by atoms with Gasteiger partial charge in [-0.3, -0.25) is 20.2 Å². The van der Waals surface area contributed by atoms with Gasteiger partial charge in [-0.25, -0.2) is 9.59 Å². The molecule has 2 N–H and O–H groups in total. The molecular weight excluding hydrogens is 576 g/mol. The second kappa shape index (κ2) is 16.8. The molecule has 2 aromatic rings. The third kappa shape index (κ3) is 15.5. The lowest BCUT2D eigenvalue weighted by Gasteiger charge is -2.18. The van der Waals surface area contributed by atoms with Gasteiger partial charge in [-0.1, -0.05) is 65.8 Å². The number of rotatable bonds is 13. The number of hydrogen-bond acceptors (Lipinski definition) is 8. The first-order chi connectivity index (χ1) is 20.9. The number of esters is 2. The molecule has 0 aliphatic rings. The van der Waals surface area contributed by atoms with E-state index in [9.17, 15) is 19.2 Å². The largest absolute Gasteiger partial charge is 0.465 e. The third-order valence-electron chi connectivity index (χ3n) is 6.81. The second-order valence-electron chi connectivity index (χ2n) is 13.8. The van der Waals surface area contributed by atoms with Crippen molar-refractivity contribution < 1.29 is 38.1 Å². The number of amides is 2. The Morgan fingerprint density at radius 2 is 1.31 bits per heavy atom. The van der Waals surface area contributed by atoms with Crippen molar-refractivity contribution in [3.63, 3.8) is 0 Å². The van der Waals surface area contributed by atoms with Crippen molar-refractivity contribution >= 4 is 35.5 Å². The lowest BCUT2D eigenvalue weighted by molar-refractivity contribution is -0.145. The van der Waals surface area contributed by atoms with Gasteiger partial charge in [-0.15, -0.1) is 0 Å². The summed E-state index contributed by atoms with van der Waals surface area (Å²) in [5.41, 5.74) is 4.25. The molecule has 0 aromatic heterocycles. The van der Waals surface area contributed by atoms with Gasteiger partial charge >= 0.3 is 24.1 Å². The fourth-order valence-electron chi connectivity index (χ4n) is 3.93. The molecule has 2 amide bonds. The Balaban J connectivity index is 1.81. The van der Waals surface area contributed by atoms with Crippen LogP contribution in [0, 0.1) is 24.7 Å². The Kier molecular flexibility index (Phi) is 13.9. The minimum Gasteiger partial charge on any atom is -0.465 e. The van der Waals surface area contributed by atoms with Gasteiger partial charge in [0.1, 0.15) is 12.7 Å². The number of benzene rings is 2. The van der Waals surface area contributed by atoms with E-state index in [1.165, 1.54) is 0 Å². The number of hydrogen-bond donors (Lipinski definition) is 2. The van der Waals surface area contributed by atoms with Crippen molar-refractivity contribution in [3.05, 3.63) is 58.7 Å². The minimum absolute atomic E-state index is 0.00303. The average molecular weight is 627 g/mol. The topological polar surface area (TPSA) is 129 Å². The van der Waals surface area contributed by atoms with E-state index >= 15 is 0 Å². The first-order valence-corrected chi connectivity index (χ1v) is 15.3. The zero-order valence-corrected chi connectivity index (χ0v) is 28.3. The smallest absolute Gasteiger partial charge is 0.412 e. The van der Waals surface area contributed by atoms with E-state index in [4.69, 9.17) is 18.9 Å². The summed E-state index contributed by atoms with van der Waals surface area (Å²) in [6.07, 6.45) is -0.405. The molecule has 0 saturated carbocycles. The van der Waals surface area contributed by atoms with Crippen LogP contribution in [-0.4, -0.2) is 50.0 Å². The molecule has 0 aliphatic heterocycles. The van der Waals surface area contributed by atoms with Gasteiger partial charge in [0.05, 0.1) is 26.1 Å². The summed E-state index contributed by atoms with van der Waals surface area (Å²) in [6.45, 7) is 18.3. The Bertz CT molecular complexity index is 1320. The lowest BCUT2D eigenvalue weighted by Crippen LogP contribution is -2.25. The van der Waals surface area contributed by atoms with Gasteiger partial charge in [-0.05, 0) is 78.8 Å². The van der Waals surface area contributed by atoms with E-state index in [0.717, 1.165) is 29.5 Å². The first-order valence-electron chi connectivity index (χ1n) is 15.3. The summed E-state index contributed by atoms with van der Waals surface area (Å²) in [5, 5.41) is 5.32. The SMILES string of the molecule is Cc1ccc(CC(=O)OCC(C)OC(=O)Nc2ccc(C)c(NC(=O)OCCC(C)(C)C)c2)cc1CC(=O)OCCC(C)(C)C. The van der Waals surface area contributed by atoms with Crippen molar-refractivity contribution in [2.75, 3.05) is 30.5 Å². The lowest BCUT2D eigenvalue weighted by atomic mass is 9.93. The fourth-order valence-corrected chi connectivity index (χ4v) is 3.93. The molecule has 1 unspecified atom stereocenters. The van der Waals surface area contributed by atoms with E-state index in [-0.39, 0.29) is 36.2 Å². The van der Waals surface area contributed by atoms with Crippen molar-refractivity contribution in [2.24, 2.45) is 10.8 Å². The highest BCUT2D eigenvalue weighted by molar-refractivity contribution is 5.89. The first kappa shape index (κ1) is 37.1. The maximum absolute atomic E-state index is 12.5. The van der Waals surface area contributed by atoms with E-state index in [2.05, 4.69) is 52.2 Å². The maximum atomic E-state index is 12.5. The molecule has 2 rings (SSSR count). The quantitative estimate of drug-likeness (QED) is 0.172. The minimum atomic E-state index is -0.737. The summed E-state index contributed by atoms with van der Waals surface area (Å²) in [4.78, 5) is 49.5. The maximum Gasteiger partial charge on any atom is 0.412 e. The standard InChI is InChI=1S/C35H50N2O8/c1-23-10-12-26(18-27(23)20-31(39)42-16-14-34(4,5)6)19-30(38)44-22-25(3)45-33(41)36-28-13-11-24(2)29(21-28)37-32(40)43-17-15-35(7,8)9/h10-13,18,21,25H,14-17,19-20,22H2,1-9H3,(H,36,41)(H,37,40). The molecule has 0 saturated heterocycles. The molecule has 10 nitrogen and oxygen atoms in total. The Morgan fingerprint density at radius 3 is 1.96 bits per heavy atom. The predicted octanol–water partition coefficient (Wildman–Crippen LogP) is 7.53. The number of carbonyl (C=O) groups is 4. The van der Waals surface area contributed by atoms with Crippen molar-refractivity contribution in [1.82, 2.24) is 0 Å². The molecular formula is C35H50N2O8. The second-order valence-corrected chi connectivity index (χ2v) is 13.8. The van der Waals surface area contributed by atoms with Crippen LogP contribution >= 0.6 is 0 Å². The number of nitrogens with one attached hydrogen (secondary N) is 2. The summed E-state index contributed by atoms with van der Waals surface area (Å²) < 4.78 is 21.3. The molecule has 0 fully saturated rings. The Labute approximate surface area is 267 Å². The van der Waals surface area contributed by atoms with Crippen LogP contribution in [0.4, 0.5) is 21.0 Å². The number of carbonyl (C=O) groups excluding carboxylic acids is 4. The van der Waals surface area contributed by atoms with Gasteiger partial charge in [0.2, 0.25) is 0 Å². The van der Waals surface area contributed by atoms with Crippen LogP contribution in [0.5, 0.6) is 0 Å². The van der Waals surface area contributed by atoms with E-state index in [1.807, 2.05) is 32.0 Å². The van der Waals surface area contributed by atoms with Gasteiger partial charge in [0.25, 0.3) is 0 Å². The highest BCUT2D eigenvalue weighted by atomic mass is 16.6. The molecule has 2 aromatic carbocycles. The van der Waals surface area contributed by atoms with Crippen molar-refractivity contribution in [1.29, 1.82) is 0 Å². The van der Waals surface area contributed by atoms with Crippen LogP contribution in [-0.2, 0) is 41.4 Å². The number of aryl methyl sites for hydroxylation is 2. The van der Waals surface area contributed by atoms with Crippen LogP contribution in [0.25, 0.3) is 0 Å². The molecule has 0 spiro atoms. The van der Waals surface area contributed by atoms with Crippen LogP contribution in [0.1, 0.15) is 83.6 Å². The summed E-state index contributed by atoms with van der Waals surface area (Å²) in [5.74, 6) is -0.796. The number of anilines is 2. The van der Waals surface area contributed by atoms with Gasteiger partial charge in [0, 0.05) is 11.4 Å². The monoisotopic (exact) mass is 626 g/mol. The molecule has 45 heavy (non-hydrogen) atoms. The average Bonchev–Trinajstić information content (AvgIpc) is 2.90. The van der Waals surface area contributed by atoms with Crippen LogP contribution < -0.4 is 10.6 Å². The van der Waals surface area contributed by atoms with Crippen molar-refractivity contribution in [2.45, 2.75) is 94.1 Å². The van der Waals surface area contributed by atoms with E-state index in [0.29, 0.717) is 30.2 Å². The van der Waals surface area contributed by atoms with Crippen LogP contribution in [0.2, 0.25) is 0 Å². The highest BCUT2D eigenvalue weighted by Gasteiger charge is 2.17. The van der Waals surface area contributed by atoms with Gasteiger partial charge in [0.15, 0.2) is 0 Å². The molecule has 248 valence electrons. The number of ether oxygens (including phenoxy) is 4. The third-order valence-corrected chi connectivity index (χ3v) is 6.81. The van der Waals surface area contributed by atoms with Crippen LogP contribution in [0.15, 0.2) is 36.4 Å². The fraction of sp³-hybridized carbons (Fsp3) is 0.543.